The summed E-state index contributed by atoms with van der Waals surface area (Å²) in [5.41, 5.74) is 1.23. The molecular weight excluding hydrogens is 126 g/mol. The SMILES string of the molecule is CC=C(C=NC)CCOC. The van der Waals surface area contributed by atoms with Crippen molar-refractivity contribution < 1.29 is 4.74 Å². The summed E-state index contributed by atoms with van der Waals surface area (Å²) in [7, 11) is 3.48. The minimum absolute atomic E-state index is 0.770. The summed E-state index contributed by atoms with van der Waals surface area (Å²) in [6.07, 6.45) is 4.86. The van der Waals surface area contributed by atoms with Crippen molar-refractivity contribution in [3.63, 3.8) is 0 Å². The zero-order chi connectivity index (χ0) is 7.82. The van der Waals surface area contributed by atoms with Crippen LogP contribution in [0.25, 0.3) is 0 Å². The van der Waals surface area contributed by atoms with Gasteiger partial charge in [-0.2, -0.15) is 0 Å². The van der Waals surface area contributed by atoms with Crippen LogP contribution in [-0.2, 0) is 4.74 Å². The van der Waals surface area contributed by atoms with Crippen LogP contribution in [0.3, 0.4) is 0 Å². The maximum Gasteiger partial charge on any atom is 0.0503 e. The third-order valence-electron chi connectivity index (χ3n) is 1.26. The maximum atomic E-state index is 4.92. The lowest BCUT2D eigenvalue weighted by Crippen LogP contribution is -1.92. The quantitative estimate of drug-likeness (QED) is 0.546. The Kier molecular flexibility index (Phi) is 6.08. The molecule has 0 heterocycles. The summed E-state index contributed by atoms with van der Waals surface area (Å²) >= 11 is 0. The fraction of sp³-hybridized carbons (Fsp3) is 0.625. The molecule has 0 aliphatic heterocycles. The molecule has 0 N–H and O–H groups in total. The predicted molar refractivity (Wildman–Crippen MR) is 44.7 cm³/mol. The molecular formula is C8H15NO. The molecule has 0 rings (SSSR count). The van der Waals surface area contributed by atoms with Gasteiger partial charge in [-0.1, -0.05) is 6.08 Å². The number of aliphatic imine (C=N–C) groups is 1. The van der Waals surface area contributed by atoms with E-state index >= 15 is 0 Å². The molecule has 0 atom stereocenters. The van der Waals surface area contributed by atoms with E-state index < -0.39 is 0 Å². The van der Waals surface area contributed by atoms with Crippen LogP contribution < -0.4 is 0 Å². The lowest BCUT2D eigenvalue weighted by atomic mass is 10.2. The van der Waals surface area contributed by atoms with Crippen LogP contribution in [0, 0.1) is 0 Å². The van der Waals surface area contributed by atoms with E-state index in [0.717, 1.165) is 13.0 Å². The molecule has 2 heteroatoms. The van der Waals surface area contributed by atoms with Crippen molar-refractivity contribution in [3.05, 3.63) is 11.6 Å². The van der Waals surface area contributed by atoms with Crippen molar-refractivity contribution in [2.75, 3.05) is 20.8 Å². The van der Waals surface area contributed by atoms with Crippen molar-refractivity contribution in [1.82, 2.24) is 0 Å². The molecule has 2 nitrogen and oxygen atoms in total. The Labute approximate surface area is 62.6 Å². The second-order valence-corrected chi connectivity index (χ2v) is 1.99. The summed E-state index contributed by atoms with van der Waals surface area (Å²) in [4.78, 5) is 3.91. The molecule has 0 fully saturated rings. The van der Waals surface area contributed by atoms with Crippen LogP contribution >= 0.6 is 0 Å². The molecule has 0 aliphatic carbocycles. The predicted octanol–water partition coefficient (Wildman–Crippen LogP) is 1.67. The Balaban J connectivity index is 3.62. The molecule has 0 unspecified atom stereocenters. The first-order chi connectivity index (χ1) is 4.85. The molecule has 58 valence electrons. The minimum Gasteiger partial charge on any atom is -0.384 e. The third-order valence-corrected chi connectivity index (χ3v) is 1.26. The number of allylic oxidation sites excluding steroid dienone is 1. The second-order valence-electron chi connectivity index (χ2n) is 1.99. The van der Waals surface area contributed by atoms with E-state index in [1.165, 1.54) is 5.57 Å². The molecule has 0 aromatic carbocycles. The van der Waals surface area contributed by atoms with Crippen molar-refractivity contribution in [3.8, 4) is 0 Å². The maximum absolute atomic E-state index is 4.92. The van der Waals surface area contributed by atoms with Gasteiger partial charge in [-0.15, -0.1) is 0 Å². The van der Waals surface area contributed by atoms with Crippen molar-refractivity contribution in [1.29, 1.82) is 0 Å². The number of methoxy groups -OCH3 is 1. The molecule has 0 spiro atoms. The first-order valence-corrected chi connectivity index (χ1v) is 3.41. The highest BCUT2D eigenvalue weighted by atomic mass is 16.5. The molecule has 0 saturated carbocycles. The minimum atomic E-state index is 0.770. The first kappa shape index (κ1) is 9.37. The van der Waals surface area contributed by atoms with Crippen LogP contribution in [-0.4, -0.2) is 27.0 Å². The second kappa shape index (κ2) is 6.49. The Bertz CT molecular complexity index is 127. The van der Waals surface area contributed by atoms with Crippen molar-refractivity contribution in [2.45, 2.75) is 13.3 Å². The number of hydrogen-bond donors (Lipinski definition) is 0. The third kappa shape index (κ3) is 4.27. The molecule has 0 amide bonds. The number of nitrogens with zero attached hydrogens (tertiary/aromatic N) is 1. The van der Waals surface area contributed by atoms with Crippen molar-refractivity contribution in [2.24, 2.45) is 4.99 Å². The number of rotatable bonds is 4. The molecule has 0 saturated heterocycles. The Morgan fingerprint density at radius 3 is 2.70 bits per heavy atom. The zero-order valence-electron chi connectivity index (χ0n) is 6.92. The molecule has 0 radical (unpaired) electrons. The molecule has 0 aliphatic rings. The fourth-order valence-corrected chi connectivity index (χ4v) is 0.669. The van der Waals surface area contributed by atoms with Crippen molar-refractivity contribution >= 4 is 6.21 Å². The summed E-state index contributed by atoms with van der Waals surface area (Å²) in [5.74, 6) is 0. The Morgan fingerprint density at radius 1 is 1.60 bits per heavy atom. The average molecular weight is 141 g/mol. The first-order valence-electron chi connectivity index (χ1n) is 3.41. The summed E-state index contributed by atoms with van der Waals surface area (Å²) in [6, 6.07) is 0. The lowest BCUT2D eigenvalue weighted by molar-refractivity contribution is 0.203. The van der Waals surface area contributed by atoms with E-state index in [2.05, 4.69) is 4.99 Å². The fourth-order valence-electron chi connectivity index (χ4n) is 0.669. The smallest absolute Gasteiger partial charge is 0.0503 e. The van der Waals surface area contributed by atoms with Gasteiger partial charge in [0.15, 0.2) is 0 Å². The van der Waals surface area contributed by atoms with Gasteiger partial charge < -0.3 is 4.74 Å². The highest BCUT2D eigenvalue weighted by molar-refractivity contribution is 5.78. The zero-order valence-corrected chi connectivity index (χ0v) is 6.92. The van der Waals surface area contributed by atoms with Gasteiger partial charge in [-0.3, -0.25) is 4.99 Å². The topological polar surface area (TPSA) is 21.6 Å². The monoisotopic (exact) mass is 141 g/mol. The normalized spacial score (nSPS) is 12.9. The van der Waals surface area contributed by atoms with Gasteiger partial charge in [-0.05, 0) is 18.9 Å². The number of ether oxygens (including phenoxy) is 1. The summed E-state index contributed by atoms with van der Waals surface area (Å²) < 4.78 is 4.92. The molecule has 0 aromatic heterocycles. The molecule has 0 aromatic rings. The Hall–Kier alpha value is -0.630. The van der Waals surface area contributed by atoms with Gasteiger partial charge in [0.25, 0.3) is 0 Å². The lowest BCUT2D eigenvalue weighted by Gasteiger charge is -1.97. The van der Waals surface area contributed by atoms with Crippen LogP contribution in [0.1, 0.15) is 13.3 Å². The van der Waals surface area contributed by atoms with Gasteiger partial charge >= 0.3 is 0 Å². The van der Waals surface area contributed by atoms with E-state index in [9.17, 15) is 0 Å². The van der Waals surface area contributed by atoms with Crippen LogP contribution in [0.2, 0.25) is 0 Å². The van der Waals surface area contributed by atoms with Gasteiger partial charge in [0.2, 0.25) is 0 Å². The summed E-state index contributed by atoms with van der Waals surface area (Å²) in [6.45, 7) is 2.78. The number of hydrogen-bond acceptors (Lipinski definition) is 2. The highest BCUT2D eigenvalue weighted by Crippen LogP contribution is 1.96. The molecule has 0 bridgehead atoms. The van der Waals surface area contributed by atoms with Crippen LogP contribution in [0.5, 0.6) is 0 Å². The summed E-state index contributed by atoms with van der Waals surface area (Å²) in [5, 5.41) is 0. The average Bonchev–Trinajstić information content (AvgIpc) is 1.98. The van der Waals surface area contributed by atoms with E-state index in [0.29, 0.717) is 0 Å². The van der Waals surface area contributed by atoms with Crippen LogP contribution in [0.4, 0.5) is 0 Å². The van der Waals surface area contributed by atoms with E-state index in [4.69, 9.17) is 4.74 Å². The standard InChI is InChI=1S/C8H15NO/c1-4-8(7-9-2)5-6-10-3/h4,7H,5-6H2,1-3H3. The van der Waals surface area contributed by atoms with Gasteiger partial charge in [0, 0.05) is 20.4 Å². The van der Waals surface area contributed by atoms with Gasteiger partial charge in [0.05, 0.1) is 6.61 Å². The van der Waals surface area contributed by atoms with E-state index in [1.807, 2.05) is 19.2 Å². The van der Waals surface area contributed by atoms with Gasteiger partial charge in [-0.25, -0.2) is 0 Å². The van der Waals surface area contributed by atoms with Crippen LogP contribution in [0.15, 0.2) is 16.6 Å². The van der Waals surface area contributed by atoms with E-state index in [-0.39, 0.29) is 0 Å². The Morgan fingerprint density at radius 2 is 2.30 bits per heavy atom. The molecule has 10 heavy (non-hydrogen) atoms. The van der Waals surface area contributed by atoms with Gasteiger partial charge in [0.1, 0.15) is 0 Å². The van der Waals surface area contributed by atoms with E-state index in [1.54, 1.807) is 14.2 Å². The largest absolute Gasteiger partial charge is 0.384 e. The highest BCUT2D eigenvalue weighted by Gasteiger charge is 1.89.